The van der Waals surface area contributed by atoms with E-state index in [1.54, 1.807) is 25.3 Å². The summed E-state index contributed by atoms with van der Waals surface area (Å²) in [6.07, 6.45) is 5.84. The lowest BCUT2D eigenvalue weighted by atomic mass is 10.1. The van der Waals surface area contributed by atoms with E-state index in [0.29, 0.717) is 42.6 Å². The molecule has 2 N–H and O–H groups in total. The number of amides is 2. The number of terminal acetylenes is 1. The molecule has 2 aromatic carbocycles. The lowest BCUT2D eigenvalue weighted by Crippen LogP contribution is -2.30. The van der Waals surface area contributed by atoms with E-state index in [1.165, 1.54) is 0 Å². The summed E-state index contributed by atoms with van der Waals surface area (Å²) in [7, 11) is 1.58. The van der Waals surface area contributed by atoms with Gasteiger partial charge in [-0.1, -0.05) is 35.7 Å². The van der Waals surface area contributed by atoms with Crippen molar-refractivity contribution in [3.63, 3.8) is 0 Å². The highest BCUT2D eigenvalue weighted by atomic mass is 35.5. The van der Waals surface area contributed by atoms with Crippen LogP contribution in [0, 0.1) is 12.3 Å². The first kappa shape index (κ1) is 21.4. The molecule has 0 heterocycles. The smallest absolute Gasteiger partial charge is 0.319 e. The summed E-state index contributed by atoms with van der Waals surface area (Å²) in [6.45, 7) is 1.46. The summed E-state index contributed by atoms with van der Waals surface area (Å²) >= 11 is 6.16. The molecule has 0 atom stereocenters. The summed E-state index contributed by atoms with van der Waals surface area (Å²) in [5, 5.41) is 5.99. The first-order valence-electron chi connectivity index (χ1n) is 8.74. The molecule has 2 aromatic rings. The molecule has 0 fully saturated rings. The van der Waals surface area contributed by atoms with E-state index in [1.807, 2.05) is 24.3 Å². The molecule has 0 aliphatic heterocycles. The van der Waals surface area contributed by atoms with Crippen molar-refractivity contribution in [2.24, 2.45) is 0 Å². The van der Waals surface area contributed by atoms with Crippen molar-refractivity contribution in [2.75, 3.05) is 38.8 Å². The number of anilines is 1. The van der Waals surface area contributed by atoms with Crippen molar-refractivity contribution in [1.29, 1.82) is 0 Å². The Morgan fingerprint density at radius 2 is 1.93 bits per heavy atom. The van der Waals surface area contributed by atoms with Crippen molar-refractivity contribution < 1.29 is 19.0 Å². The molecule has 148 valence electrons. The predicted octanol–water partition coefficient (Wildman–Crippen LogP) is 3.74. The standard InChI is InChI=1S/C21H23ClN2O4/c1-3-13-27-17-9-7-16(8-10-17)11-12-23-21(25)24-19-6-4-5-18(22)20(19)28-15-14-26-2/h1,4-10H,11-15H2,2H3,(H2,23,24,25). The average molecular weight is 403 g/mol. The number of urea groups is 1. The van der Waals surface area contributed by atoms with Crippen LogP contribution in [0.2, 0.25) is 5.02 Å². The third-order valence-corrected chi connectivity index (χ3v) is 3.99. The molecule has 2 rings (SSSR count). The number of benzene rings is 2. The number of methoxy groups -OCH3 is 1. The predicted molar refractivity (Wildman–Crippen MR) is 110 cm³/mol. The van der Waals surface area contributed by atoms with Gasteiger partial charge in [-0.2, -0.15) is 0 Å². The molecule has 0 saturated heterocycles. The van der Waals surface area contributed by atoms with E-state index in [2.05, 4.69) is 16.6 Å². The summed E-state index contributed by atoms with van der Waals surface area (Å²) in [5.41, 5.74) is 1.57. The number of halogens is 1. The molecular weight excluding hydrogens is 380 g/mol. The third kappa shape index (κ3) is 7.03. The molecule has 0 saturated carbocycles. The molecule has 0 unspecified atom stereocenters. The van der Waals surface area contributed by atoms with Gasteiger partial charge in [0.1, 0.15) is 19.0 Å². The third-order valence-electron chi connectivity index (χ3n) is 3.69. The van der Waals surface area contributed by atoms with E-state index in [9.17, 15) is 4.79 Å². The van der Waals surface area contributed by atoms with E-state index in [-0.39, 0.29) is 12.6 Å². The number of hydrogen-bond donors (Lipinski definition) is 2. The number of para-hydroxylation sites is 1. The summed E-state index contributed by atoms with van der Waals surface area (Å²) in [4.78, 5) is 12.2. The van der Waals surface area contributed by atoms with Gasteiger partial charge >= 0.3 is 6.03 Å². The second-order valence-corrected chi connectivity index (χ2v) is 6.13. The first-order valence-corrected chi connectivity index (χ1v) is 9.12. The Kier molecular flexibility index (Phi) is 8.99. The monoisotopic (exact) mass is 402 g/mol. The Morgan fingerprint density at radius 3 is 2.64 bits per heavy atom. The summed E-state index contributed by atoms with van der Waals surface area (Å²) in [6, 6.07) is 12.4. The quantitative estimate of drug-likeness (QED) is 0.469. The zero-order valence-electron chi connectivity index (χ0n) is 15.7. The van der Waals surface area contributed by atoms with Crippen LogP contribution in [-0.2, 0) is 11.2 Å². The molecule has 0 radical (unpaired) electrons. The van der Waals surface area contributed by atoms with Crippen molar-refractivity contribution in [3.05, 3.63) is 53.1 Å². The number of rotatable bonds is 10. The molecule has 0 aliphatic rings. The maximum Gasteiger partial charge on any atom is 0.319 e. The lowest BCUT2D eigenvalue weighted by Gasteiger charge is -2.14. The van der Waals surface area contributed by atoms with Crippen LogP contribution >= 0.6 is 11.6 Å². The van der Waals surface area contributed by atoms with Gasteiger partial charge in [-0.3, -0.25) is 0 Å². The van der Waals surface area contributed by atoms with Crippen molar-refractivity contribution >= 4 is 23.3 Å². The molecule has 0 spiro atoms. The van der Waals surface area contributed by atoms with Crippen LogP contribution in [0.4, 0.5) is 10.5 Å². The van der Waals surface area contributed by atoms with Gasteiger partial charge in [0, 0.05) is 13.7 Å². The van der Waals surface area contributed by atoms with Gasteiger partial charge in [0.2, 0.25) is 0 Å². The number of carbonyl (C=O) groups excluding carboxylic acids is 1. The Morgan fingerprint density at radius 1 is 1.14 bits per heavy atom. The zero-order chi connectivity index (χ0) is 20.2. The van der Waals surface area contributed by atoms with E-state index in [4.69, 9.17) is 32.2 Å². The molecule has 7 heteroatoms. The molecule has 0 bridgehead atoms. The fourth-order valence-corrected chi connectivity index (χ4v) is 2.57. The minimum atomic E-state index is -0.340. The maximum atomic E-state index is 12.2. The highest BCUT2D eigenvalue weighted by Crippen LogP contribution is 2.32. The van der Waals surface area contributed by atoms with Crippen LogP contribution in [-0.4, -0.2) is 39.5 Å². The SMILES string of the molecule is C#CCOc1ccc(CCNC(=O)Nc2cccc(Cl)c2OCCOC)cc1. The highest BCUT2D eigenvalue weighted by Gasteiger charge is 2.11. The van der Waals surface area contributed by atoms with E-state index in [0.717, 1.165) is 11.3 Å². The largest absolute Gasteiger partial charge is 0.487 e. The number of hydrogen-bond acceptors (Lipinski definition) is 4. The molecule has 28 heavy (non-hydrogen) atoms. The zero-order valence-corrected chi connectivity index (χ0v) is 16.4. The normalized spacial score (nSPS) is 10.0. The Hall–Kier alpha value is -2.88. The Labute approximate surface area is 170 Å². The second-order valence-electron chi connectivity index (χ2n) is 5.73. The van der Waals surface area contributed by atoms with E-state index < -0.39 is 0 Å². The van der Waals surface area contributed by atoms with Crippen LogP contribution in [0.1, 0.15) is 5.56 Å². The fourth-order valence-electron chi connectivity index (χ4n) is 2.35. The summed E-state index contributed by atoms with van der Waals surface area (Å²) in [5.74, 6) is 3.55. The molecule has 2 amide bonds. The highest BCUT2D eigenvalue weighted by molar-refractivity contribution is 6.32. The minimum absolute atomic E-state index is 0.238. The van der Waals surface area contributed by atoms with Gasteiger partial charge in [0.25, 0.3) is 0 Å². The fraction of sp³-hybridized carbons (Fsp3) is 0.286. The van der Waals surface area contributed by atoms with Crippen molar-refractivity contribution in [1.82, 2.24) is 5.32 Å². The second kappa shape index (κ2) is 11.8. The van der Waals surface area contributed by atoms with Crippen molar-refractivity contribution in [3.8, 4) is 23.8 Å². The molecule has 0 aliphatic carbocycles. The number of nitrogens with one attached hydrogen (secondary N) is 2. The lowest BCUT2D eigenvalue weighted by molar-refractivity contribution is 0.146. The van der Waals surface area contributed by atoms with E-state index >= 15 is 0 Å². The first-order chi connectivity index (χ1) is 13.6. The van der Waals surface area contributed by atoms with Gasteiger partial charge in [-0.15, -0.1) is 6.42 Å². The number of carbonyl (C=O) groups is 1. The molecule has 0 aromatic heterocycles. The van der Waals surface area contributed by atoms with Gasteiger partial charge in [0.15, 0.2) is 5.75 Å². The molecular formula is C21H23ClN2O4. The molecule has 6 nitrogen and oxygen atoms in total. The average Bonchev–Trinajstić information content (AvgIpc) is 2.69. The Bertz CT molecular complexity index is 803. The van der Waals surface area contributed by atoms with Crippen LogP contribution in [0.5, 0.6) is 11.5 Å². The van der Waals surface area contributed by atoms with Crippen LogP contribution in [0.25, 0.3) is 0 Å². The van der Waals surface area contributed by atoms with Crippen molar-refractivity contribution in [2.45, 2.75) is 6.42 Å². The van der Waals surface area contributed by atoms with Crippen LogP contribution in [0.15, 0.2) is 42.5 Å². The van der Waals surface area contributed by atoms with Gasteiger partial charge < -0.3 is 24.8 Å². The van der Waals surface area contributed by atoms with Gasteiger partial charge in [-0.25, -0.2) is 4.79 Å². The minimum Gasteiger partial charge on any atom is -0.487 e. The van der Waals surface area contributed by atoms with Gasteiger partial charge in [0.05, 0.1) is 17.3 Å². The van der Waals surface area contributed by atoms with Crippen LogP contribution in [0.3, 0.4) is 0 Å². The van der Waals surface area contributed by atoms with Gasteiger partial charge in [-0.05, 0) is 36.2 Å². The Balaban J connectivity index is 1.82. The van der Waals surface area contributed by atoms with Crippen LogP contribution < -0.4 is 20.1 Å². The topological polar surface area (TPSA) is 68.8 Å². The number of ether oxygens (including phenoxy) is 3. The summed E-state index contributed by atoms with van der Waals surface area (Å²) < 4.78 is 15.9. The maximum absolute atomic E-state index is 12.2.